The maximum Gasteiger partial charge on any atom is 0.310 e. The van der Waals surface area contributed by atoms with Gasteiger partial charge in [-0.1, -0.05) is 197 Å². The van der Waals surface area contributed by atoms with Crippen LogP contribution in [-0.4, -0.2) is 89.0 Å². The molecule has 10 nitrogen and oxygen atoms in total. The number of allylic oxidation sites excluding steroid dienone is 9. The van der Waals surface area contributed by atoms with Crippen LogP contribution in [0.2, 0.25) is 0 Å². The molecule has 4 N–H and O–H groups in total. The summed E-state index contributed by atoms with van der Waals surface area (Å²) >= 11 is 0. The monoisotopic (exact) mass is 847 g/mol. The highest BCUT2D eigenvalue weighted by atomic mass is 16.7. The Morgan fingerprint density at radius 1 is 0.533 bits per heavy atom. The summed E-state index contributed by atoms with van der Waals surface area (Å²) in [6, 6.07) is 0. The van der Waals surface area contributed by atoms with Crippen molar-refractivity contribution < 1.29 is 49.0 Å². The third kappa shape index (κ3) is 31.3. The van der Waals surface area contributed by atoms with Gasteiger partial charge in [-0.2, -0.15) is 0 Å². The van der Waals surface area contributed by atoms with Crippen molar-refractivity contribution in [1.29, 1.82) is 0 Å². The Bertz CT molecular complexity index is 1160. The molecule has 0 bridgehead atoms. The first-order valence-corrected chi connectivity index (χ1v) is 23.9. The number of esters is 2. The first-order valence-electron chi connectivity index (χ1n) is 23.9. The van der Waals surface area contributed by atoms with Crippen LogP contribution in [0.5, 0.6) is 0 Å². The van der Waals surface area contributed by atoms with Gasteiger partial charge in [0.25, 0.3) is 0 Å². The minimum atomic E-state index is -1.61. The van der Waals surface area contributed by atoms with E-state index >= 15 is 0 Å². The van der Waals surface area contributed by atoms with E-state index < -0.39 is 55.4 Å². The van der Waals surface area contributed by atoms with E-state index in [0.717, 1.165) is 38.5 Å². The second kappa shape index (κ2) is 40.5. The topological polar surface area (TPSA) is 152 Å². The van der Waals surface area contributed by atoms with Gasteiger partial charge in [-0.25, -0.2) is 0 Å². The second-order valence-electron chi connectivity index (χ2n) is 16.2. The van der Waals surface area contributed by atoms with Crippen LogP contribution >= 0.6 is 0 Å². The maximum atomic E-state index is 12.7. The molecule has 1 rings (SSSR count). The second-order valence-corrected chi connectivity index (χ2v) is 16.2. The molecule has 0 aromatic carbocycles. The van der Waals surface area contributed by atoms with Crippen molar-refractivity contribution in [1.82, 2.24) is 0 Å². The van der Waals surface area contributed by atoms with E-state index in [0.29, 0.717) is 12.8 Å². The largest absolute Gasteiger partial charge is 0.462 e. The molecule has 0 amide bonds. The average molecular weight is 847 g/mol. The molecule has 0 saturated carbocycles. The molecule has 1 aliphatic heterocycles. The predicted molar refractivity (Wildman–Crippen MR) is 242 cm³/mol. The van der Waals surface area contributed by atoms with Crippen molar-refractivity contribution in [2.75, 3.05) is 19.8 Å². The van der Waals surface area contributed by atoms with Crippen LogP contribution in [0.4, 0.5) is 0 Å². The molecule has 0 spiro atoms. The van der Waals surface area contributed by atoms with Crippen LogP contribution in [0.1, 0.15) is 187 Å². The van der Waals surface area contributed by atoms with Gasteiger partial charge in [0.1, 0.15) is 31.0 Å². The first kappa shape index (κ1) is 55.4. The Hall–Kier alpha value is -2.60. The minimum Gasteiger partial charge on any atom is -0.462 e. The summed E-state index contributed by atoms with van der Waals surface area (Å²) in [5.41, 5.74) is 0. The molecule has 0 aliphatic carbocycles. The Kier molecular flexibility index (Phi) is 37.4. The standard InChI is InChI=1S/C50H86O10/c1-3-5-7-9-11-13-15-17-19-20-21-22-23-25-26-28-30-32-34-36-38-45(52)57-41-43(42-58-50-49(56)48(55)47(54)44(40-51)60-50)59-46(53)39-37-35-33-31-29-27-24-18-16-14-12-10-8-6-4-2/h6,8,12,14,18,24,29,31,35,37,43-44,47-51,54-56H,3-5,7,9-11,13,15-17,19-23,25-28,30,32-34,36,38-42H2,1-2H3/b8-6-,14-12-,24-18-,31-29-,37-35-. The van der Waals surface area contributed by atoms with Crippen LogP contribution in [-0.2, 0) is 28.5 Å². The molecule has 1 saturated heterocycles. The Labute approximate surface area is 364 Å². The Balaban J connectivity index is 2.32. The molecule has 1 aliphatic rings. The van der Waals surface area contributed by atoms with Crippen molar-refractivity contribution >= 4 is 11.9 Å². The van der Waals surface area contributed by atoms with Gasteiger partial charge < -0.3 is 39.4 Å². The summed E-state index contributed by atoms with van der Waals surface area (Å²) in [5.74, 6) is -0.951. The predicted octanol–water partition coefficient (Wildman–Crippen LogP) is 10.6. The number of carbonyl (C=O) groups excluding carboxylic acids is 2. The van der Waals surface area contributed by atoms with E-state index in [1.54, 1.807) is 6.08 Å². The summed E-state index contributed by atoms with van der Waals surface area (Å²) in [5, 5.41) is 40.1. The van der Waals surface area contributed by atoms with Crippen molar-refractivity contribution in [2.45, 2.75) is 224 Å². The molecule has 0 aromatic rings. The SMILES string of the molecule is CC/C=C\C/C=C\C/C=C\C/C=C\C/C=C\CC(=O)OC(COC(=O)CCCCCCCCCCCCCCCCCCCCCC)COC1OC(CO)C(O)C(O)C1O. The van der Waals surface area contributed by atoms with Gasteiger partial charge in [-0.3, -0.25) is 9.59 Å². The van der Waals surface area contributed by atoms with Crippen LogP contribution in [0, 0.1) is 0 Å². The summed E-state index contributed by atoms with van der Waals surface area (Å²) < 4.78 is 22.1. The lowest BCUT2D eigenvalue weighted by Crippen LogP contribution is -2.59. The number of hydrogen-bond acceptors (Lipinski definition) is 10. The molecule has 1 heterocycles. The van der Waals surface area contributed by atoms with Gasteiger partial charge in [0.05, 0.1) is 19.6 Å². The van der Waals surface area contributed by atoms with Gasteiger partial charge >= 0.3 is 11.9 Å². The lowest BCUT2D eigenvalue weighted by Gasteiger charge is -2.39. The lowest BCUT2D eigenvalue weighted by molar-refractivity contribution is -0.305. The van der Waals surface area contributed by atoms with Crippen molar-refractivity contribution in [3.8, 4) is 0 Å². The van der Waals surface area contributed by atoms with Crippen molar-refractivity contribution in [2.24, 2.45) is 0 Å². The van der Waals surface area contributed by atoms with Gasteiger partial charge in [0, 0.05) is 6.42 Å². The zero-order chi connectivity index (χ0) is 43.7. The molecule has 1 fully saturated rings. The molecule has 6 unspecified atom stereocenters. The summed E-state index contributed by atoms with van der Waals surface area (Å²) in [6.07, 6.45) is 42.6. The van der Waals surface area contributed by atoms with E-state index in [1.165, 1.54) is 109 Å². The van der Waals surface area contributed by atoms with Crippen LogP contribution in [0.25, 0.3) is 0 Å². The molecule has 0 radical (unpaired) electrons. The summed E-state index contributed by atoms with van der Waals surface area (Å²) in [7, 11) is 0. The lowest BCUT2D eigenvalue weighted by atomic mass is 9.99. The molecule has 10 heteroatoms. The summed E-state index contributed by atoms with van der Waals surface area (Å²) in [4.78, 5) is 25.3. The highest BCUT2D eigenvalue weighted by molar-refractivity contribution is 5.71. The normalized spacial score (nSPS) is 20.4. The number of hydrogen-bond donors (Lipinski definition) is 4. The molecule has 346 valence electrons. The smallest absolute Gasteiger partial charge is 0.310 e. The number of aliphatic hydroxyl groups is 4. The zero-order valence-corrected chi connectivity index (χ0v) is 37.7. The fourth-order valence-corrected chi connectivity index (χ4v) is 6.97. The van der Waals surface area contributed by atoms with E-state index in [-0.39, 0.29) is 26.1 Å². The number of rotatable bonds is 39. The molecule has 60 heavy (non-hydrogen) atoms. The van der Waals surface area contributed by atoms with Crippen molar-refractivity contribution in [3.63, 3.8) is 0 Å². The fourth-order valence-electron chi connectivity index (χ4n) is 6.97. The first-order chi connectivity index (χ1) is 29.3. The Morgan fingerprint density at radius 3 is 1.42 bits per heavy atom. The minimum absolute atomic E-state index is 0.00256. The molecule has 0 aromatic heterocycles. The van der Waals surface area contributed by atoms with E-state index in [9.17, 15) is 30.0 Å². The zero-order valence-electron chi connectivity index (χ0n) is 37.7. The molecular formula is C50H86O10. The number of ether oxygens (including phenoxy) is 4. The third-order valence-corrected chi connectivity index (χ3v) is 10.7. The average Bonchev–Trinajstić information content (AvgIpc) is 3.25. The quantitative estimate of drug-likeness (QED) is 0.0267. The van der Waals surface area contributed by atoms with Gasteiger partial charge in [0.15, 0.2) is 12.4 Å². The van der Waals surface area contributed by atoms with Crippen LogP contribution < -0.4 is 0 Å². The Morgan fingerprint density at radius 2 is 0.967 bits per heavy atom. The van der Waals surface area contributed by atoms with Gasteiger partial charge in [0.2, 0.25) is 0 Å². The van der Waals surface area contributed by atoms with E-state index in [4.69, 9.17) is 18.9 Å². The molecular weight excluding hydrogens is 761 g/mol. The van der Waals surface area contributed by atoms with E-state index in [2.05, 4.69) is 56.4 Å². The van der Waals surface area contributed by atoms with Gasteiger partial charge in [-0.15, -0.1) is 0 Å². The van der Waals surface area contributed by atoms with Gasteiger partial charge in [-0.05, 0) is 38.5 Å². The van der Waals surface area contributed by atoms with Crippen molar-refractivity contribution in [3.05, 3.63) is 60.8 Å². The highest BCUT2D eigenvalue weighted by Crippen LogP contribution is 2.22. The highest BCUT2D eigenvalue weighted by Gasteiger charge is 2.44. The molecule has 6 atom stereocenters. The maximum absolute atomic E-state index is 12.7. The fraction of sp³-hybridized carbons (Fsp3) is 0.760. The third-order valence-electron chi connectivity index (χ3n) is 10.7. The number of aliphatic hydroxyl groups excluding tert-OH is 4. The number of unbranched alkanes of at least 4 members (excludes halogenated alkanes) is 19. The summed E-state index contributed by atoms with van der Waals surface area (Å²) in [6.45, 7) is 3.22. The van der Waals surface area contributed by atoms with E-state index in [1.807, 2.05) is 12.2 Å². The van der Waals surface area contributed by atoms with Crippen LogP contribution in [0.15, 0.2) is 60.8 Å². The van der Waals surface area contributed by atoms with Crippen LogP contribution in [0.3, 0.4) is 0 Å². The number of carbonyl (C=O) groups is 2.